The molecule has 1 heterocycles. The van der Waals surface area contributed by atoms with Crippen molar-refractivity contribution in [3.63, 3.8) is 0 Å². The van der Waals surface area contributed by atoms with Crippen LogP contribution in [0.1, 0.15) is 12.0 Å². The molecule has 0 unspecified atom stereocenters. The van der Waals surface area contributed by atoms with Crippen LogP contribution in [0.2, 0.25) is 0 Å². The molecule has 0 radical (unpaired) electrons. The zero-order valence-corrected chi connectivity index (χ0v) is 13.8. The predicted octanol–water partition coefficient (Wildman–Crippen LogP) is 1.79. The summed E-state index contributed by atoms with van der Waals surface area (Å²) in [7, 11) is 9.71. The molecule has 1 aromatic rings. The molecule has 1 aliphatic heterocycles. The highest BCUT2D eigenvalue weighted by molar-refractivity contribution is 5.80. The Morgan fingerprint density at radius 1 is 1.29 bits per heavy atom. The number of nitrogens with zero attached hydrogens (tertiary/aromatic N) is 2. The molecular formula is C17H27N2O2+. The number of methoxy groups -OCH3 is 1. The van der Waals surface area contributed by atoms with Crippen molar-refractivity contribution in [3.8, 4) is 5.75 Å². The van der Waals surface area contributed by atoms with Gasteiger partial charge in [0.25, 0.3) is 5.91 Å². The number of amides is 1. The number of benzene rings is 1. The summed E-state index contributed by atoms with van der Waals surface area (Å²) < 4.78 is 5.98. The van der Waals surface area contributed by atoms with E-state index < -0.39 is 0 Å². The van der Waals surface area contributed by atoms with Crippen LogP contribution >= 0.6 is 0 Å². The van der Waals surface area contributed by atoms with Crippen LogP contribution in [0, 0.1) is 5.92 Å². The first-order chi connectivity index (χ1) is 9.83. The van der Waals surface area contributed by atoms with E-state index in [0.717, 1.165) is 29.6 Å². The largest absolute Gasteiger partial charge is 0.497 e. The minimum atomic E-state index is 0.0863. The Hall–Kier alpha value is -1.55. The summed E-state index contributed by atoms with van der Waals surface area (Å²) in [5, 5.41) is 0. The van der Waals surface area contributed by atoms with Gasteiger partial charge < -0.3 is 14.1 Å². The molecule has 4 heteroatoms. The molecule has 1 aromatic carbocycles. The van der Waals surface area contributed by atoms with Crippen LogP contribution < -0.4 is 4.74 Å². The van der Waals surface area contributed by atoms with Gasteiger partial charge in [-0.1, -0.05) is 12.1 Å². The zero-order chi connectivity index (χ0) is 15.6. The summed E-state index contributed by atoms with van der Waals surface area (Å²) in [6.07, 6.45) is 2.00. The molecule has 21 heavy (non-hydrogen) atoms. The van der Waals surface area contributed by atoms with Gasteiger partial charge in [0.15, 0.2) is 6.04 Å². The first kappa shape index (κ1) is 15.8. The number of likely N-dealkylation sites (N-methyl/N-ethyl adjacent to an activating group) is 2. The molecule has 0 saturated carbocycles. The van der Waals surface area contributed by atoms with E-state index in [2.05, 4.69) is 26.2 Å². The van der Waals surface area contributed by atoms with Crippen LogP contribution in [-0.4, -0.2) is 63.2 Å². The minimum Gasteiger partial charge on any atom is -0.497 e. The normalized spacial score (nSPS) is 23.9. The van der Waals surface area contributed by atoms with E-state index in [1.807, 2.05) is 26.2 Å². The average Bonchev–Trinajstić information content (AvgIpc) is 2.73. The van der Waals surface area contributed by atoms with Gasteiger partial charge in [0.05, 0.1) is 27.7 Å². The summed E-state index contributed by atoms with van der Waals surface area (Å²) in [6.45, 7) is 1.05. The first-order valence-corrected chi connectivity index (χ1v) is 7.50. The Morgan fingerprint density at radius 3 is 2.43 bits per heavy atom. The van der Waals surface area contributed by atoms with E-state index in [0.29, 0.717) is 5.92 Å². The third-order valence-electron chi connectivity index (χ3n) is 4.54. The van der Waals surface area contributed by atoms with Gasteiger partial charge in [-0.3, -0.25) is 4.79 Å². The lowest BCUT2D eigenvalue weighted by Gasteiger charge is -2.32. The maximum atomic E-state index is 12.3. The molecule has 116 valence electrons. The Labute approximate surface area is 127 Å². The van der Waals surface area contributed by atoms with Crippen molar-refractivity contribution in [2.75, 3.05) is 41.8 Å². The van der Waals surface area contributed by atoms with Gasteiger partial charge in [0.1, 0.15) is 5.75 Å². The van der Waals surface area contributed by atoms with Crippen molar-refractivity contribution < 1.29 is 14.0 Å². The van der Waals surface area contributed by atoms with Crippen LogP contribution in [0.25, 0.3) is 0 Å². The number of carbonyl (C=O) groups is 1. The SMILES string of the molecule is COc1ccc(C[C@H]2C[C@H](C(=O)N(C)C)[N+](C)(C)C2)cc1. The molecular weight excluding hydrogens is 264 g/mol. The lowest BCUT2D eigenvalue weighted by molar-refractivity contribution is -0.894. The molecule has 2 rings (SSSR count). The quantitative estimate of drug-likeness (QED) is 0.792. The number of rotatable bonds is 4. The number of carbonyl (C=O) groups excluding carboxylic acids is 1. The molecule has 4 nitrogen and oxygen atoms in total. The van der Waals surface area contributed by atoms with Gasteiger partial charge in [-0.25, -0.2) is 0 Å². The van der Waals surface area contributed by atoms with Gasteiger partial charge in [-0.2, -0.15) is 0 Å². The van der Waals surface area contributed by atoms with Gasteiger partial charge >= 0.3 is 0 Å². The van der Waals surface area contributed by atoms with E-state index in [-0.39, 0.29) is 11.9 Å². The molecule has 2 atom stereocenters. The number of hydrogen-bond donors (Lipinski definition) is 0. The number of quaternary nitrogens is 1. The highest BCUT2D eigenvalue weighted by atomic mass is 16.5. The minimum absolute atomic E-state index is 0.0863. The van der Waals surface area contributed by atoms with Crippen molar-refractivity contribution in [2.45, 2.75) is 18.9 Å². The third-order valence-corrected chi connectivity index (χ3v) is 4.54. The van der Waals surface area contributed by atoms with E-state index in [9.17, 15) is 4.79 Å². The Morgan fingerprint density at radius 2 is 1.90 bits per heavy atom. The zero-order valence-electron chi connectivity index (χ0n) is 13.8. The van der Waals surface area contributed by atoms with Crippen molar-refractivity contribution in [1.29, 1.82) is 0 Å². The monoisotopic (exact) mass is 291 g/mol. The van der Waals surface area contributed by atoms with E-state index in [4.69, 9.17) is 4.74 Å². The molecule has 1 fully saturated rings. The van der Waals surface area contributed by atoms with Crippen LogP contribution in [-0.2, 0) is 11.2 Å². The Balaban J connectivity index is 2.04. The molecule has 1 aliphatic rings. The summed E-state index contributed by atoms with van der Waals surface area (Å²) in [6, 6.07) is 8.35. The van der Waals surface area contributed by atoms with Crippen molar-refractivity contribution in [3.05, 3.63) is 29.8 Å². The Kier molecular flexibility index (Phi) is 4.57. The predicted molar refractivity (Wildman–Crippen MR) is 84.3 cm³/mol. The molecule has 0 aromatic heterocycles. The van der Waals surface area contributed by atoms with Crippen molar-refractivity contribution >= 4 is 5.91 Å². The maximum absolute atomic E-state index is 12.3. The number of hydrogen-bond acceptors (Lipinski definition) is 2. The first-order valence-electron chi connectivity index (χ1n) is 7.50. The highest BCUT2D eigenvalue weighted by Crippen LogP contribution is 2.31. The number of likely N-dealkylation sites (tertiary alicyclic amines) is 1. The second-order valence-electron chi connectivity index (χ2n) is 6.86. The molecule has 1 amide bonds. The molecule has 0 spiro atoms. The van der Waals surface area contributed by atoms with Crippen LogP contribution in [0.3, 0.4) is 0 Å². The topological polar surface area (TPSA) is 29.5 Å². The molecule has 0 bridgehead atoms. The van der Waals surface area contributed by atoms with Crippen LogP contribution in [0.15, 0.2) is 24.3 Å². The second kappa shape index (κ2) is 6.06. The molecule has 0 N–H and O–H groups in total. The van der Waals surface area contributed by atoms with Crippen LogP contribution in [0.5, 0.6) is 5.75 Å². The fraction of sp³-hybridized carbons (Fsp3) is 0.588. The van der Waals surface area contributed by atoms with Crippen LogP contribution in [0.4, 0.5) is 0 Å². The fourth-order valence-corrected chi connectivity index (χ4v) is 3.41. The summed E-state index contributed by atoms with van der Waals surface area (Å²) in [4.78, 5) is 14.1. The number of ether oxygens (including phenoxy) is 1. The van der Waals surface area contributed by atoms with Gasteiger partial charge in [0, 0.05) is 26.4 Å². The summed E-state index contributed by atoms with van der Waals surface area (Å²) in [5.74, 6) is 1.70. The maximum Gasteiger partial charge on any atom is 0.280 e. The highest BCUT2D eigenvalue weighted by Gasteiger charge is 2.45. The average molecular weight is 291 g/mol. The van der Waals surface area contributed by atoms with Crippen molar-refractivity contribution in [1.82, 2.24) is 4.90 Å². The van der Waals surface area contributed by atoms with Gasteiger partial charge in [-0.05, 0) is 24.1 Å². The lowest BCUT2D eigenvalue weighted by atomic mass is 9.96. The Bertz CT molecular complexity index is 494. The summed E-state index contributed by atoms with van der Waals surface area (Å²) >= 11 is 0. The van der Waals surface area contributed by atoms with Gasteiger partial charge in [-0.15, -0.1) is 0 Å². The smallest absolute Gasteiger partial charge is 0.280 e. The summed E-state index contributed by atoms with van der Waals surface area (Å²) in [5.41, 5.74) is 1.32. The van der Waals surface area contributed by atoms with Crippen molar-refractivity contribution in [2.24, 2.45) is 5.92 Å². The third kappa shape index (κ3) is 3.56. The van der Waals surface area contributed by atoms with E-state index >= 15 is 0 Å². The second-order valence-corrected chi connectivity index (χ2v) is 6.86. The molecule has 1 saturated heterocycles. The standard InChI is InChI=1S/C17H27N2O2/c1-18(2)17(20)16-11-14(12-19(16,3)4)10-13-6-8-15(21-5)9-7-13/h6-9,14,16H,10-12H2,1-5H3/q+1/t14-,16+/m0/s1. The van der Waals surface area contributed by atoms with E-state index in [1.54, 1.807) is 12.0 Å². The van der Waals surface area contributed by atoms with E-state index in [1.165, 1.54) is 5.56 Å². The molecule has 0 aliphatic carbocycles. The fourth-order valence-electron chi connectivity index (χ4n) is 3.41. The van der Waals surface area contributed by atoms with Gasteiger partial charge in [0.2, 0.25) is 0 Å². The lowest BCUT2D eigenvalue weighted by Crippen LogP contribution is -2.51.